The molecule has 0 amide bonds. The SMILES string of the molecule is CC(Nc1ncncc1Cl)C1CCCCC1. The van der Waals surface area contributed by atoms with Gasteiger partial charge in [-0.25, -0.2) is 9.97 Å². The summed E-state index contributed by atoms with van der Waals surface area (Å²) >= 11 is 6.02. The highest BCUT2D eigenvalue weighted by Crippen LogP contribution is 2.28. The van der Waals surface area contributed by atoms with E-state index >= 15 is 0 Å². The first-order valence-electron chi connectivity index (χ1n) is 5.99. The molecule has 0 bridgehead atoms. The van der Waals surface area contributed by atoms with Crippen LogP contribution < -0.4 is 5.32 Å². The third kappa shape index (κ3) is 2.85. The van der Waals surface area contributed by atoms with E-state index < -0.39 is 0 Å². The van der Waals surface area contributed by atoms with Crippen LogP contribution in [0.5, 0.6) is 0 Å². The molecule has 0 spiro atoms. The lowest BCUT2D eigenvalue weighted by Crippen LogP contribution is -2.28. The van der Waals surface area contributed by atoms with E-state index in [1.807, 2.05) is 0 Å². The van der Waals surface area contributed by atoms with Gasteiger partial charge in [0.25, 0.3) is 0 Å². The molecule has 0 aromatic carbocycles. The molecule has 1 saturated carbocycles. The number of hydrogen-bond donors (Lipinski definition) is 1. The maximum Gasteiger partial charge on any atom is 0.148 e. The number of hydrogen-bond acceptors (Lipinski definition) is 3. The predicted octanol–water partition coefficient (Wildman–Crippen LogP) is 3.51. The molecule has 16 heavy (non-hydrogen) atoms. The van der Waals surface area contributed by atoms with Crippen molar-refractivity contribution >= 4 is 17.4 Å². The Hall–Kier alpha value is -0.830. The number of rotatable bonds is 3. The Balaban J connectivity index is 1.96. The Morgan fingerprint density at radius 1 is 1.38 bits per heavy atom. The highest BCUT2D eigenvalue weighted by atomic mass is 35.5. The molecule has 1 N–H and O–H groups in total. The zero-order valence-corrected chi connectivity index (χ0v) is 10.4. The number of aromatic nitrogens is 2. The first kappa shape index (κ1) is 11.6. The molecule has 1 heterocycles. The van der Waals surface area contributed by atoms with Crippen LogP contribution in [0.15, 0.2) is 12.5 Å². The van der Waals surface area contributed by atoms with Gasteiger partial charge in [0.05, 0.1) is 6.20 Å². The van der Waals surface area contributed by atoms with Crippen molar-refractivity contribution in [3.63, 3.8) is 0 Å². The molecule has 0 aliphatic heterocycles. The lowest BCUT2D eigenvalue weighted by Gasteiger charge is -2.28. The minimum Gasteiger partial charge on any atom is -0.366 e. The number of anilines is 1. The molecule has 1 atom stereocenters. The van der Waals surface area contributed by atoms with Crippen LogP contribution in [-0.2, 0) is 0 Å². The van der Waals surface area contributed by atoms with E-state index in [1.54, 1.807) is 6.20 Å². The third-order valence-corrected chi connectivity index (χ3v) is 3.67. The van der Waals surface area contributed by atoms with E-state index in [0.717, 1.165) is 11.7 Å². The Labute approximate surface area is 102 Å². The average molecular weight is 240 g/mol. The van der Waals surface area contributed by atoms with Gasteiger partial charge in [-0.3, -0.25) is 0 Å². The largest absolute Gasteiger partial charge is 0.366 e. The maximum absolute atomic E-state index is 6.02. The summed E-state index contributed by atoms with van der Waals surface area (Å²) in [6.07, 6.45) is 9.89. The molecular weight excluding hydrogens is 222 g/mol. The molecule has 1 fully saturated rings. The molecule has 1 unspecified atom stereocenters. The summed E-state index contributed by atoms with van der Waals surface area (Å²) in [6.45, 7) is 2.22. The monoisotopic (exact) mass is 239 g/mol. The number of halogens is 1. The molecular formula is C12H18ClN3. The first-order chi connectivity index (χ1) is 7.77. The van der Waals surface area contributed by atoms with Crippen molar-refractivity contribution in [2.45, 2.75) is 45.1 Å². The van der Waals surface area contributed by atoms with Crippen molar-refractivity contribution in [1.29, 1.82) is 0 Å². The molecule has 0 radical (unpaired) electrons. The Morgan fingerprint density at radius 3 is 2.81 bits per heavy atom. The second-order valence-electron chi connectivity index (χ2n) is 4.55. The van der Waals surface area contributed by atoms with Gasteiger partial charge in [0.15, 0.2) is 0 Å². The van der Waals surface area contributed by atoms with Gasteiger partial charge in [0, 0.05) is 6.04 Å². The van der Waals surface area contributed by atoms with Gasteiger partial charge in [0.2, 0.25) is 0 Å². The molecule has 1 aromatic rings. The van der Waals surface area contributed by atoms with Crippen molar-refractivity contribution in [1.82, 2.24) is 9.97 Å². The molecule has 0 saturated heterocycles. The average Bonchev–Trinajstić information content (AvgIpc) is 2.33. The normalized spacial score (nSPS) is 19.4. The standard InChI is InChI=1S/C12H18ClN3/c1-9(10-5-3-2-4-6-10)16-12-11(13)7-14-8-15-12/h7-10H,2-6H2,1H3,(H,14,15,16). The number of nitrogens with zero attached hydrogens (tertiary/aromatic N) is 2. The van der Waals surface area contributed by atoms with Crippen LogP contribution in [0.4, 0.5) is 5.82 Å². The lowest BCUT2D eigenvalue weighted by molar-refractivity contribution is 0.328. The smallest absolute Gasteiger partial charge is 0.148 e. The Morgan fingerprint density at radius 2 is 2.12 bits per heavy atom. The zero-order chi connectivity index (χ0) is 11.4. The van der Waals surface area contributed by atoms with Crippen LogP contribution in [0.2, 0.25) is 5.02 Å². The molecule has 4 heteroatoms. The molecule has 88 valence electrons. The molecule has 2 rings (SSSR count). The summed E-state index contributed by atoms with van der Waals surface area (Å²) in [5.41, 5.74) is 0. The fourth-order valence-corrected chi connectivity index (χ4v) is 2.55. The highest BCUT2D eigenvalue weighted by molar-refractivity contribution is 6.32. The summed E-state index contributed by atoms with van der Waals surface area (Å²) in [4.78, 5) is 8.04. The van der Waals surface area contributed by atoms with Crippen molar-refractivity contribution in [3.8, 4) is 0 Å². The van der Waals surface area contributed by atoms with Gasteiger partial charge in [-0.2, -0.15) is 0 Å². The minimum atomic E-state index is 0.438. The molecule has 1 aromatic heterocycles. The van der Waals surface area contributed by atoms with Crippen molar-refractivity contribution in [2.75, 3.05) is 5.32 Å². The predicted molar refractivity (Wildman–Crippen MR) is 66.7 cm³/mol. The number of nitrogens with one attached hydrogen (secondary N) is 1. The van der Waals surface area contributed by atoms with E-state index in [-0.39, 0.29) is 0 Å². The van der Waals surface area contributed by atoms with Gasteiger partial charge >= 0.3 is 0 Å². The van der Waals surface area contributed by atoms with Gasteiger partial charge in [0.1, 0.15) is 17.2 Å². The van der Waals surface area contributed by atoms with Crippen molar-refractivity contribution in [2.24, 2.45) is 5.92 Å². The summed E-state index contributed by atoms with van der Waals surface area (Å²) in [6, 6.07) is 0.438. The topological polar surface area (TPSA) is 37.8 Å². The van der Waals surface area contributed by atoms with Gasteiger partial charge in [-0.1, -0.05) is 30.9 Å². The van der Waals surface area contributed by atoms with Crippen LogP contribution in [0.25, 0.3) is 0 Å². The zero-order valence-electron chi connectivity index (χ0n) is 9.62. The third-order valence-electron chi connectivity index (χ3n) is 3.39. The van der Waals surface area contributed by atoms with Crippen molar-refractivity contribution in [3.05, 3.63) is 17.5 Å². The van der Waals surface area contributed by atoms with Crippen LogP contribution >= 0.6 is 11.6 Å². The van der Waals surface area contributed by atoms with Gasteiger partial charge < -0.3 is 5.32 Å². The summed E-state index contributed by atoms with van der Waals surface area (Å²) in [7, 11) is 0. The van der Waals surface area contributed by atoms with Crippen LogP contribution in [-0.4, -0.2) is 16.0 Å². The highest BCUT2D eigenvalue weighted by Gasteiger charge is 2.20. The second-order valence-corrected chi connectivity index (χ2v) is 4.96. The summed E-state index contributed by atoms with van der Waals surface area (Å²) < 4.78 is 0. The lowest BCUT2D eigenvalue weighted by atomic mass is 9.84. The van der Waals surface area contributed by atoms with E-state index in [0.29, 0.717) is 11.1 Å². The summed E-state index contributed by atoms with van der Waals surface area (Å²) in [5.74, 6) is 1.51. The fraction of sp³-hybridized carbons (Fsp3) is 0.667. The maximum atomic E-state index is 6.02. The minimum absolute atomic E-state index is 0.438. The Kier molecular flexibility index (Phi) is 3.99. The van der Waals surface area contributed by atoms with Crippen LogP contribution in [0.3, 0.4) is 0 Å². The van der Waals surface area contributed by atoms with E-state index in [2.05, 4.69) is 22.2 Å². The summed E-state index contributed by atoms with van der Waals surface area (Å²) in [5, 5.41) is 4.00. The Bertz CT molecular complexity index is 337. The molecule has 1 aliphatic rings. The van der Waals surface area contributed by atoms with Crippen LogP contribution in [0.1, 0.15) is 39.0 Å². The van der Waals surface area contributed by atoms with Crippen molar-refractivity contribution < 1.29 is 0 Å². The molecule has 3 nitrogen and oxygen atoms in total. The van der Waals surface area contributed by atoms with E-state index in [1.165, 1.54) is 38.4 Å². The fourth-order valence-electron chi connectivity index (χ4n) is 2.39. The van der Waals surface area contributed by atoms with E-state index in [4.69, 9.17) is 11.6 Å². The van der Waals surface area contributed by atoms with Gasteiger partial charge in [-0.15, -0.1) is 0 Å². The van der Waals surface area contributed by atoms with Crippen LogP contribution in [0, 0.1) is 5.92 Å². The quantitative estimate of drug-likeness (QED) is 0.877. The second kappa shape index (κ2) is 5.48. The molecule has 1 aliphatic carbocycles. The first-order valence-corrected chi connectivity index (χ1v) is 6.37. The van der Waals surface area contributed by atoms with Gasteiger partial charge in [-0.05, 0) is 25.7 Å². The van der Waals surface area contributed by atoms with E-state index in [9.17, 15) is 0 Å².